The smallest absolute Gasteiger partial charge is 0.150 e. The molecule has 0 radical (unpaired) electrons. The van der Waals surface area contributed by atoms with E-state index < -0.39 is 0 Å². The van der Waals surface area contributed by atoms with E-state index in [0.29, 0.717) is 35.5 Å². The van der Waals surface area contributed by atoms with Crippen LogP contribution in [-0.4, -0.2) is 34.2 Å². The Labute approximate surface area is 185 Å². The van der Waals surface area contributed by atoms with Crippen molar-refractivity contribution in [1.82, 2.24) is 0 Å². The number of phenols is 3. The summed E-state index contributed by atoms with van der Waals surface area (Å²) in [4.78, 5) is 60.4. The molecule has 0 saturated heterocycles. The first-order chi connectivity index (χ1) is 15.8. The molecule has 3 aromatic carbocycles. The van der Waals surface area contributed by atoms with Gasteiger partial charge in [-0.05, 0) is 70.1 Å². The SMILES string of the molecule is O=Cc1ccc(O)c(N=O)c1.O=Cc1ccc(O)c(N=O)c1.O=Cc1ccc(O)c(N=O)c1. The zero-order chi connectivity index (χ0) is 24.8. The maximum atomic E-state index is 10.2. The molecule has 0 aliphatic carbocycles. The number of nitroso groups, excluding NO2 is 3. The van der Waals surface area contributed by atoms with E-state index in [1.807, 2.05) is 0 Å². The Hall–Kier alpha value is -5.13. The van der Waals surface area contributed by atoms with Gasteiger partial charge in [-0.25, -0.2) is 0 Å². The van der Waals surface area contributed by atoms with Gasteiger partial charge in [-0.3, -0.25) is 14.4 Å². The van der Waals surface area contributed by atoms with Gasteiger partial charge < -0.3 is 15.3 Å². The number of aldehydes is 3. The van der Waals surface area contributed by atoms with Gasteiger partial charge in [0.05, 0.1) is 0 Å². The second-order valence-corrected chi connectivity index (χ2v) is 5.87. The predicted molar refractivity (Wildman–Crippen MR) is 117 cm³/mol. The van der Waals surface area contributed by atoms with Crippen molar-refractivity contribution in [3.8, 4) is 17.2 Å². The second kappa shape index (κ2) is 13.2. The third kappa shape index (κ3) is 7.90. The van der Waals surface area contributed by atoms with Crippen molar-refractivity contribution in [2.75, 3.05) is 0 Å². The van der Waals surface area contributed by atoms with Crippen LogP contribution in [0.25, 0.3) is 0 Å². The molecule has 0 unspecified atom stereocenters. The molecule has 0 aliphatic heterocycles. The highest BCUT2D eigenvalue weighted by atomic mass is 16.3. The monoisotopic (exact) mass is 453 g/mol. The number of hydrogen-bond donors (Lipinski definition) is 3. The van der Waals surface area contributed by atoms with Crippen LogP contribution in [0.4, 0.5) is 17.1 Å². The fourth-order valence-electron chi connectivity index (χ4n) is 2.06. The zero-order valence-electron chi connectivity index (χ0n) is 16.6. The summed E-state index contributed by atoms with van der Waals surface area (Å²) in [7, 11) is 0. The molecule has 0 aromatic heterocycles. The summed E-state index contributed by atoms with van der Waals surface area (Å²) < 4.78 is 0. The first kappa shape index (κ1) is 25.9. The highest BCUT2D eigenvalue weighted by Crippen LogP contribution is 2.27. The molecule has 0 bridgehead atoms. The standard InChI is InChI=1S/3C7H5NO3/c3*9-4-5-1-2-7(10)6(3-5)8-11/h3*1-4,10H. The Kier molecular flexibility index (Phi) is 10.4. The van der Waals surface area contributed by atoms with Crippen LogP contribution in [0.3, 0.4) is 0 Å². The van der Waals surface area contributed by atoms with Crippen molar-refractivity contribution in [2.45, 2.75) is 0 Å². The summed E-state index contributed by atoms with van der Waals surface area (Å²) in [6.45, 7) is 0. The third-order valence-corrected chi connectivity index (χ3v) is 3.70. The van der Waals surface area contributed by atoms with Gasteiger partial charge in [0.15, 0.2) is 0 Å². The molecule has 0 saturated carbocycles. The van der Waals surface area contributed by atoms with Gasteiger partial charge in [-0.1, -0.05) is 0 Å². The van der Waals surface area contributed by atoms with E-state index in [2.05, 4.69) is 15.5 Å². The lowest BCUT2D eigenvalue weighted by Crippen LogP contribution is -1.77. The van der Waals surface area contributed by atoms with E-state index in [1.165, 1.54) is 54.6 Å². The quantitative estimate of drug-likeness (QED) is 0.346. The third-order valence-electron chi connectivity index (χ3n) is 3.70. The Bertz CT molecular complexity index is 1030. The van der Waals surface area contributed by atoms with Crippen molar-refractivity contribution < 1.29 is 29.7 Å². The normalized spacial score (nSPS) is 9.09. The molecule has 0 amide bonds. The Morgan fingerprint density at radius 1 is 0.485 bits per heavy atom. The number of benzene rings is 3. The predicted octanol–water partition coefficient (Wildman–Crippen LogP) is 4.81. The van der Waals surface area contributed by atoms with Crippen molar-refractivity contribution in [3.05, 3.63) is 86.0 Å². The van der Waals surface area contributed by atoms with Crippen LogP contribution in [0.1, 0.15) is 31.1 Å². The molecule has 0 atom stereocenters. The van der Waals surface area contributed by atoms with Crippen molar-refractivity contribution in [3.63, 3.8) is 0 Å². The fraction of sp³-hybridized carbons (Fsp3) is 0. The molecule has 0 fully saturated rings. The molecule has 0 aliphatic rings. The molecule has 12 nitrogen and oxygen atoms in total. The molecule has 3 N–H and O–H groups in total. The van der Waals surface area contributed by atoms with Crippen LogP contribution in [0.5, 0.6) is 17.2 Å². The van der Waals surface area contributed by atoms with E-state index in [9.17, 15) is 29.1 Å². The largest absolute Gasteiger partial charge is 0.506 e. The first-order valence-corrected chi connectivity index (χ1v) is 8.68. The van der Waals surface area contributed by atoms with Crippen LogP contribution in [-0.2, 0) is 0 Å². The van der Waals surface area contributed by atoms with Crippen LogP contribution >= 0.6 is 0 Å². The van der Waals surface area contributed by atoms with Gasteiger partial charge in [-0.15, -0.1) is 14.7 Å². The number of phenolic OH excluding ortho intramolecular Hbond substituents is 3. The minimum Gasteiger partial charge on any atom is -0.506 e. The average molecular weight is 453 g/mol. The molecule has 12 heteroatoms. The number of nitrogens with zero attached hydrogens (tertiary/aromatic N) is 3. The van der Waals surface area contributed by atoms with E-state index in [4.69, 9.17) is 15.3 Å². The molecular formula is C21H15N3O9. The van der Waals surface area contributed by atoms with E-state index in [-0.39, 0.29) is 34.3 Å². The number of carbonyl (C=O) groups is 3. The number of carbonyl (C=O) groups excluding carboxylic acids is 3. The summed E-state index contributed by atoms with van der Waals surface area (Å²) in [6.07, 6.45) is 1.73. The van der Waals surface area contributed by atoms with Gasteiger partial charge in [-0.2, -0.15) is 0 Å². The molecular weight excluding hydrogens is 438 g/mol. The van der Waals surface area contributed by atoms with Gasteiger partial charge in [0.2, 0.25) is 0 Å². The van der Waals surface area contributed by atoms with Crippen LogP contribution in [0, 0.1) is 14.7 Å². The zero-order valence-corrected chi connectivity index (χ0v) is 16.6. The summed E-state index contributed by atoms with van der Waals surface area (Å²) in [5.41, 5.74) is 0.603. The fourth-order valence-corrected chi connectivity index (χ4v) is 2.06. The summed E-state index contributed by atoms with van der Waals surface area (Å²) in [5, 5.41) is 34.3. The first-order valence-electron chi connectivity index (χ1n) is 8.68. The Balaban J connectivity index is 0.000000247. The maximum absolute atomic E-state index is 10.2. The maximum Gasteiger partial charge on any atom is 0.150 e. The second-order valence-electron chi connectivity index (χ2n) is 5.87. The van der Waals surface area contributed by atoms with Gasteiger partial charge in [0.25, 0.3) is 0 Å². The molecule has 33 heavy (non-hydrogen) atoms. The highest BCUT2D eigenvalue weighted by Gasteiger charge is 2.02. The number of aromatic hydroxyl groups is 3. The minimum absolute atomic E-state index is 0.116. The lowest BCUT2D eigenvalue weighted by atomic mass is 10.2. The highest BCUT2D eigenvalue weighted by molar-refractivity contribution is 5.79. The van der Waals surface area contributed by atoms with Gasteiger partial charge in [0, 0.05) is 16.7 Å². The van der Waals surface area contributed by atoms with Gasteiger partial charge in [0.1, 0.15) is 53.2 Å². The van der Waals surface area contributed by atoms with Gasteiger partial charge >= 0.3 is 0 Å². The number of rotatable bonds is 6. The molecule has 3 rings (SSSR count). The lowest BCUT2D eigenvalue weighted by molar-refractivity contribution is 0.111. The van der Waals surface area contributed by atoms with Crippen LogP contribution in [0.15, 0.2) is 70.1 Å². The lowest BCUT2D eigenvalue weighted by Gasteiger charge is -1.94. The van der Waals surface area contributed by atoms with E-state index in [1.54, 1.807) is 0 Å². The van der Waals surface area contributed by atoms with Crippen molar-refractivity contribution in [2.24, 2.45) is 15.5 Å². The summed E-state index contributed by atoms with van der Waals surface area (Å²) in [6, 6.07) is 11.6. The van der Waals surface area contributed by atoms with Crippen LogP contribution in [0.2, 0.25) is 0 Å². The Morgan fingerprint density at radius 2 is 0.727 bits per heavy atom. The molecule has 0 spiro atoms. The molecule has 3 aromatic rings. The summed E-state index contributed by atoms with van der Waals surface area (Å²) in [5.74, 6) is -0.651. The molecule has 0 heterocycles. The van der Waals surface area contributed by atoms with Crippen molar-refractivity contribution >= 4 is 35.9 Å². The number of hydrogen-bond acceptors (Lipinski definition) is 12. The van der Waals surface area contributed by atoms with E-state index in [0.717, 1.165) is 0 Å². The Morgan fingerprint density at radius 3 is 0.909 bits per heavy atom. The van der Waals surface area contributed by atoms with Crippen LogP contribution < -0.4 is 0 Å². The van der Waals surface area contributed by atoms with Crippen molar-refractivity contribution in [1.29, 1.82) is 0 Å². The van der Waals surface area contributed by atoms with E-state index >= 15 is 0 Å². The topological polar surface area (TPSA) is 200 Å². The minimum atomic E-state index is -0.217. The molecule has 168 valence electrons. The average Bonchev–Trinajstić information content (AvgIpc) is 2.85. The summed E-state index contributed by atoms with van der Waals surface area (Å²) >= 11 is 0.